The van der Waals surface area contributed by atoms with Gasteiger partial charge >= 0.3 is 5.97 Å². The SMILES string of the molecule is CC[C@H](C)c1ccccc1NC(=O)[C@H](C)OC(=O)c1cc(Cl)ccc1O. The summed E-state index contributed by atoms with van der Waals surface area (Å²) in [5, 5.41) is 12.8. The average molecular weight is 376 g/mol. The van der Waals surface area contributed by atoms with E-state index in [1.807, 2.05) is 24.3 Å². The molecule has 2 aromatic rings. The molecule has 26 heavy (non-hydrogen) atoms. The molecule has 0 aliphatic heterocycles. The van der Waals surface area contributed by atoms with Gasteiger partial charge in [0.2, 0.25) is 0 Å². The van der Waals surface area contributed by atoms with Crippen molar-refractivity contribution in [3.63, 3.8) is 0 Å². The Kier molecular flexibility index (Phi) is 6.64. The number of ether oxygens (including phenoxy) is 1. The molecule has 0 bridgehead atoms. The molecule has 0 spiro atoms. The van der Waals surface area contributed by atoms with E-state index in [0.29, 0.717) is 5.69 Å². The summed E-state index contributed by atoms with van der Waals surface area (Å²) in [7, 11) is 0. The molecular formula is C20H22ClNO4. The van der Waals surface area contributed by atoms with Crippen molar-refractivity contribution >= 4 is 29.2 Å². The van der Waals surface area contributed by atoms with Crippen LogP contribution in [0.3, 0.4) is 0 Å². The predicted octanol–water partition coefficient (Wildman–Crippen LogP) is 4.74. The van der Waals surface area contributed by atoms with Crippen molar-refractivity contribution in [2.75, 3.05) is 5.32 Å². The van der Waals surface area contributed by atoms with Crippen LogP contribution >= 0.6 is 11.6 Å². The number of phenols is 1. The largest absolute Gasteiger partial charge is 0.507 e. The number of halogens is 1. The van der Waals surface area contributed by atoms with Crippen LogP contribution in [0.4, 0.5) is 5.69 Å². The number of aromatic hydroxyl groups is 1. The summed E-state index contributed by atoms with van der Waals surface area (Å²) in [5.41, 5.74) is 1.63. The van der Waals surface area contributed by atoms with E-state index in [1.54, 1.807) is 0 Å². The van der Waals surface area contributed by atoms with Crippen LogP contribution in [0, 0.1) is 0 Å². The zero-order valence-corrected chi connectivity index (χ0v) is 15.7. The normalized spacial score (nSPS) is 12.9. The number of phenolic OH excluding ortho intramolecular Hbond substituents is 1. The Bertz CT molecular complexity index is 806. The second-order valence-electron chi connectivity index (χ2n) is 6.09. The summed E-state index contributed by atoms with van der Waals surface area (Å²) >= 11 is 5.83. The quantitative estimate of drug-likeness (QED) is 0.715. The molecule has 0 unspecified atom stereocenters. The number of benzene rings is 2. The molecule has 0 aliphatic rings. The van der Waals surface area contributed by atoms with Crippen molar-refractivity contribution in [1.82, 2.24) is 0 Å². The number of hydrogen-bond donors (Lipinski definition) is 2. The Morgan fingerprint density at radius 3 is 2.58 bits per heavy atom. The highest BCUT2D eigenvalue weighted by molar-refractivity contribution is 6.31. The van der Waals surface area contributed by atoms with Gasteiger partial charge in [0.15, 0.2) is 6.10 Å². The summed E-state index contributed by atoms with van der Waals surface area (Å²) < 4.78 is 5.16. The van der Waals surface area contributed by atoms with Gasteiger partial charge in [-0.1, -0.05) is 43.6 Å². The monoisotopic (exact) mass is 375 g/mol. The maximum Gasteiger partial charge on any atom is 0.342 e. The van der Waals surface area contributed by atoms with Crippen LogP contribution in [0.15, 0.2) is 42.5 Å². The van der Waals surface area contributed by atoms with Crippen molar-refractivity contribution in [3.8, 4) is 5.75 Å². The number of carbonyl (C=O) groups is 2. The number of nitrogens with one attached hydrogen (secondary N) is 1. The minimum absolute atomic E-state index is 0.0860. The molecular weight excluding hydrogens is 354 g/mol. The van der Waals surface area contributed by atoms with E-state index in [4.69, 9.17) is 16.3 Å². The third kappa shape index (κ3) is 4.76. The van der Waals surface area contributed by atoms with Crippen molar-refractivity contribution in [1.29, 1.82) is 0 Å². The predicted molar refractivity (Wildman–Crippen MR) is 102 cm³/mol. The lowest BCUT2D eigenvalue weighted by molar-refractivity contribution is -0.123. The van der Waals surface area contributed by atoms with Gasteiger partial charge in [-0.3, -0.25) is 4.79 Å². The molecule has 0 aromatic heterocycles. The number of carbonyl (C=O) groups excluding carboxylic acids is 2. The lowest BCUT2D eigenvalue weighted by Gasteiger charge is -2.18. The zero-order valence-electron chi connectivity index (χ0n) is 15.0. The van der Waals surface area contributed by atoms with E-state index in [-0.39, 0.29) is 22.3 Å². The van der Waals surface area contributed by atoms with Crippen LogP contribution in [-0.2, 0) is 9.53 Å². The van der Waals surface area contributed by atoms with Crippen LogP contribution < -0.4 is 5.32 Å². The fourth-order valence-corrected chi connectivity index (χ4v) is 2.62. The molecule has 1 amide bonds. The third-order valence-electron chi connectivity index (χ3n) is 4.19. The first-order chi connectivity index (χ1) is 12.3. The molecule has 2 atom stereocenters. The number of anilines is 1. The van der Waals surface area contributed by atoms with Crippen molar-refractivity contribution in [2.45, 2.75) is 39.2 Å². The first kappa shape index (κ1) is 19.8. The van der Waals surface area contributed by atoms with Gasteiger partial charge in [-0.05, 0) is 49.1 Å². The Morgan fingerprint density at radius 2 is 1.88 bits per heavy atom. The van der Waals surface area contributed by atoms with E-state index in [0.717, 1.165) is 12.0 Å². The zero-order chi connectivity index (χ0) is 19.3. The van der Waals surface area contributed by atoms with Gasteiger partial charge in [0.05, 0.1) is 0 Å². The molecule has 0 radical (unpaired) electrons. The van der Waals surface area contributed by atoms with E-state index in [1.165, 1.54) is 25.1 Å². The van der Waals surface area contributed by atoms with Crippen LogP contribution in [0.2, 0.25) is 5.02 Å². The Hall–Kier alpha value is -2.53. The summed E-state index contributed by atoms with van der Waals surface area (Å²) in [6.45, 7) is 5.63. The highest BCUT2D eigenvalue weighted by Gasteiger charge is 2.22. The fraction of sp³-hybridized carbons (Fsp3) is 0.300. The molecule has 2 aromatic carbocycles. The molecule has 0 fully saturated rings. The molecule has 0 saturated heterocycles. The molecule has 0 saturated carbocycles. The van der Waals surface area contributed by atoms with E-state index >= 15 is 0 Å². The topological polar surface area (TPSA) is 75.6 Å². The molecule has 0 aliphatic carbocycles. The van der Waals surface area contributed by atoms with Crippen molar-refractivity contribution in [3.05, 3.63) is 58.6 Å². The molecule has 6 heteroatoms. The molecule has 5 nitrogen and oxygen atoms in total. The van der Waals surface area contributed by atoms with Gasteiger partial charge in [-0.15, -0.1) is 0 Å². The standard InChI is InChI=1S/C20H22ClNO4/c1-4-12(2)15-7-5-6-8-17(15)22-19(24)13(3)26-20(25)16-11-14(21)9-10-18(16)23/h5-13,23H,4H2,1-3H3,(H,22,24)/t12-,13-/m0/s1. The van der Waals surface area contributed by atoms with Gasteiger partial charge in [-0.2, -0.15) is 0 Å². The maximum absolute atomic E-state index is 12.4. The lowest BCUT2D eigenvalue weighted by atomic mass is 9.97. The average Bonchev–Trinajstić information content (AvgIpc) is 2.63. The highest BCUT2D eigenvalue weighted by atomic mass is 35.5. The van der Waals surface area contributed by atoms with Gasteiger partial charge in [-0.25, -0.2) is 4.79 Å². The van der Waals surface area contributed by atoms with Crippen LogP contribution in [0.25, 0.3) is 0 Å². The Balaban J connectivity index is 2.09. The summed E-state index contributed by atoms with van der Waals surface area (Å²) in [6, 6.07) is 11.6. The third-order valence-corrected chi connectivity index (χ3v) is 4.43. The van der Waals surface area contributed by atoms with Gasteiger partial charge in [0, 0.05) is 10.7 Å². The van der Waals surface area contributed by atoms with Crippen LogP contribution in [0.5, 0.6) is 5.75 Å². The number of esters is 1. The number of rotatable bonds is 6. The van der Waals surface area contributed by atoms with Crippen LogP contribution in [-0.4, -0.2) is 23.1 Å². The first-order valence-corrected chi connectivity index (χ1v) is 8.80. The van der Waals surface area contributed by atoms with Gasteiger partial charge in [0.25, 0.3) is 5.91 Å². The number of amides is 1. The van der Waals surface area contributed by atoms with Crippen molar-refractivity contribution in [2.24, 2.45) is 0 Å². The lowest BCUT2D eigenvalue weighted by Crippen LogP contribution is -2.30. The molecule has 2 rings (SSSR count). The highest BCUT2D eigenvalue weighted by Crippen LogP contribution is 2.27. The van der Waals surface area contributed by atoms with E-state index < -0.39 is 18.0 Å². The summed E-state index contributed by atoms with van der Waals surface area (Å²) in [5.74, 6) is -1.24. The molecule has 138 valence electrons. The maximum atomic E-state index is 12.4. The first-order valence-electron chi connectivity index (χ1n) is 8.42. The summed E-state index contributed by atoms with van der Waals surface area (Å²) in [4.78, 5) is 24.6. The Morgan fingerprint density at radius 1 is 1.19 bits per heavy atom. The van der Waals surface area contributed by atoms with Gasteiger partial charge in [0.1, 0.15) is 11.3 Å². The van der Waals surface area contributed by atoms with Crippen LogP contribution in [0.1, 0.15) is 49.0 Å². The van der Waals surface area contributed by atoms with E-state index in [9.17, 15) is 14.7 Å². The molecule has 0 heterocycles. The molecule has 2 N–H and O–H groups in total. The number of para-hydroxylation sites is 1. The van der Waals surface area contributed by atoms with Crippen molar-refractivity contribution < 1.29 is 19.4 Å². The second-order valence-corrected chi connectivity index (χ2v) is 6.53. The smallest absolute Gasteiger partial charge is 0.342 e. The minimum atomic E-state index is -1.04. The minimum Gasteiger partial charge on any atom is -0.507 e. The Labute approximate surface area is 157 Å². The number of hydrogen-bond acceptors (Lipinski definition) is 4. The summed E-state index contributed by atoms with van der Waals surface area (Å²) in [6.07, 6.45) is -0.100. The van der Waals surface area contributed by atoms with Gasteiger partial charge < -0.3 is 15.2 Å². The second kappa shape index (κ2) is 8.72. The fourth-order valence-electron chi connectivity index (χ4n) is 2.44. The van der Waals surface area contributed by atoms with E-state index in [2.05, 4.69) is 19.2 Å².